The molecule has 0 aromatic heterocycles. The molecule has 1 aliphatic rings. The minimum Gasteiger partial charge on any atom is -0.493 e. The van der Waals surface area contributed by atoms with E-state index in [9.17, 15) is 17.6 Å². The Morgan fingerprint density at radius 3 is 2.38 bits per heavy atom. The number of benzene rings is 2. The third kappa shape index (κ3) is 6.60. The van der Waals surface area contributed by atoms with Crippen LogP contribution in [0.25, 0.3) is 0 Å². The van der Waals surface area contributed by atoms with Gasteiger partial charge in [-0.05, 0) is 55.7 Å². The molecule has 1 saturated carbocycles. The second-order valence-corrected chi connectivity index (χ2v) is 9.85. The van der Waals surface area contributed by atoms with Crippen LogP contribution in [-0.2, 0) is 19.6 Å². The van der Waals surface area contributed by atoms with Gasteiger partial charge in [0.1, 0.15) is 12.4 Å². The number of methoxy groups -OCH3 is 2. The zero-order valence-electron chi connectivity index (χ0n) is 19.5. The van der Waals surface area contributed by atoms with Crippen molar-refractivity contribution in [2.45, 2.75) is 43.1 Å². The summed E-state index contributed by atoms with van der Waals surface area (Å²) >= 11 is 0. The number of hydrogen-bond acceptors (Lipinski definition) is 6. The SMILES string of the molecule is COc1ccc(S(=O)(=O)N(CC(=O)NCCCOC2CCCC2)c2ccc(F)cc2)cc1OC. The molecule has 0 spiro atoms. The molecule has 0 bridgehead atoms. The molecule has 0 heterocycles. The van der Waals surface area contributed by atoms with Gasteiger partial charge in [-0.15, -0.1) is 0 Å². The van der Waals surface area contributed by atoms with Crippen LogP contribution >= 0.6 is 0 Å². The van der Waals surface area contributed by atoms with Gasteiger partial charge in [-0.2, -0.15) is 0 Å². The van der Waals surface area contributed by atoms with Crippen LogP contribution in [0.5, 0.6) is 11.5 Å². The molecule has 10 heteroatoms. The van der Waals surface area contributed by atoms with E-state index in [4.69, 9.17) is 14.2 Å². The number of halogens is 1. The number of ether oxygens (including phenoxy) is 3. The van der Waals surface area contributed by atoms with E-state index >= 15 is 0 Å². The van der Waals surface area contributed by atoms with Crippen LogP contribution in [0, 0.1) is 5.82 Å². The van der Waals surface area contributed by atoms with Gasteiger partial charge in [0.25, 0.3) is 10.0 Å². The predicted octanol–water partition coefficient (Wildman–Crippen LogP) is 3.50. The first-order chi connectivity index (χ1) is 16.3. The fourth-order valence-corrected chi connectivity index (χ4v) is 5.25. The van der Waals surface area contributed by atoms with Crippen molar-refractivity contribution >= 4 is 21.6 Å². The van der Waals surface area contributed by atoms with Crippen LogP contribution in [0.1, 0.15) is 32.1 Å². The molecule has 186 valence electrons. The van der Waals surface area contributed by atoms with Gasteiger partial charge in [0.05, 0.1) is 30.9 Å². The second-order valence-electron chi connectivity index (χ2n) is 7.99. The molecule has 0 radical (unpaired) electrons. The average Bonchev–Trinajstić information content (AvgIpc) is 3.36. The highest BCUT2D eigenvalue weighted by molar-refractivity contribution is 7.92. The van der Waals surface area contributed by atoms with E-state index in [2.05, 4.69) is 5.32 Å². The molecule has 0 unspecified atom stereocenters. The number of carbonyl (C=O) groups excluding carboxylic acids is 1. The number of carbonyl (C=O) groups is 1. The smallest absolute Gasteiger partial charge is 0.264 e. The number of sulfonamides is 1. The lowest BCUT2D eigenvalue weighted by atomic mass is 10.3. The molecule has 2 aromatic rings. The van der Waals surface area contributed by atoms with Crippen molar-refractivity contribution in [2.75, 3.05) is 38.2 Å². The highest BCUT2D eigenvalue weighted by Crippen LogP contribution is 2.32. The van der Waals surface area contributed by atoms with Crippen molar-refractivity contribution in [3.8, 4) is 11.5 Å². The second kappa shape index (κ2) is 12.0. The van der Waals surface area contributed by atoms with Crippen molar-refractivity contribution in [1.29, 1.82) is 0 Å². The molecule has 0 aliphatic heterocycles. The lowest BCUT2D eigenvalue weighted by Gasteiger charge is -2.24. The van der Waals surface area contributed by atoms with Gasteiger partial charge in [0, 0.05) is 19.2 Å². The van der Waals surface area contributed by atoms with Crippen LogP contribution in [0.2, 0.25) is 0 Å². The van der Waals surface area contributed by atoms with Crippen molar-refractivity contribution in [3.63, 3.8) is 0 Å². The number of amides is 1. The summed E-state index contributed by atoms with van der Waals surface area (Å²) in [6.07, 6.45) is 5.46. The summed E-state index contributed by atoms with van der Waals surface area (Å²) in [6, 6.07) is 9.08. The van der Waals surface area contributed by atoms with E-state index in [-0.39, 0.29) is 16.3 Å². The monoisotopic (exact) mass is 494 g/mol. The molecule has 0 atom stereocenters. The van der Waals surface area contributed by atoms with E-state index in [1.165, 1.54) is 57.4 Å². The zero-order valence-corrected chi connectivity index (χ0v) is 20.3. The van der Waals surface area contributed by atoms with Gasteiger partial charge in [-0.1, -0.05) is 12.8 Å². The van der Waals surface area contributed by atoms with Crippen molar-refractivity contribution in [3.05, 3.63) is 48.3 Å². The van der Waals surface area contributed by atoms with Gasteiger partial charge in [0.2, 0.25) is 5.91 Å². The normalized spacial score (nSPS) is 14.1. The first-order valence-corrected chi connectivity index (χ1v) is 12.7. The Bertz CT molecular complexity index is 1060. The number of hydrogen-bond donors (Lipinski definition) is 1. The zero-order chi connectivity index (χ0) is 24.6. The highest BCUT2D eigenvalue weighted by atomic mass is 32.2. The Morgan fingerprint density at radius 2 is 1.74 bits per heavy atom. The maximum absolute atomic E-state index is 13.5. The first kappa shape index (κ1) is 25.8. The van der Waals surface area contributed by atoms with E-state index in [1.807, 2.05) is 0 Å². The fraction of sp³-hybridized carbons (Fsp3) is 0.458. The maximum atomic E-state index is 13.5. The lowest BCUT2D eigenvalue weighted by Crippen LogP contribution is -2.41. The van der Waals surface area contributed by atoms with Crippen molar-refractivity contribution in [2.24, 2.45) is 0 Å². The standard InChI is InChI=1S/C24H31FN2O6S/c1-31-22-13-12-21(16-23(22)32-2)34(29,30)27(19-10-8-18(25)9-11-19)17-24(28)26-14-5-15-33-20-6-3-4-7-20/h8-13,16,20H,3-7,14-15,17H2,1-2H3,(H,26,28). The number of anilines is 1. The van der Waals surface area contributed by atoms with Gasteiger partial charge in [-0.3, -0.25) is 9.10 Å². The molecular weight excluding hydrogens is 463 g/mol. The molecule has 0 saturated heterocycles. The third-order valence-corrected chi connectivity index (χ3v) is 7.41. The Kier molecular flexibility index (Phi) is 9.12. The quantitative estimate of drug-likeness (QED) is 0.454. The number of nitrogens with zero attached hydrogens (tertiary/aromatic N) is 1. The van der Waals surface area contributed by atoms with Gasteiger partial charge >= 0.3 is 0 Å². The maximum Gasteiger partial charge on any atom is 0.264 e. The van der Waals surface area contributed by atoms with Gasteiger partial charge in [-0.25, -0.2) is 12.8 Å². The Labute approximate surface area is 200 Å². The largest absolute Gasteiger partial charge is 0.493 e. The summed E-state index contributed by atoms with van der Waals surface area (Å²) in [7, 11) is -1.33. The van der Waals surface area contributed by atoms with Crippen molar-refractivity contribution in [1.82, 2.24) is 5.32 Å². The molecule has 1 fully saturated rings. The molecule has 1 amide bonds. The number of rotatable bonds is 12. The highest BCUT2D eigenvalue weighted by Gasteiger charge is 2.28. The first-order valence-electron chi connectivity index (χ1n) is 11.2. The van der Waals surface area contributed by atoms with Crippen LogP contribution in [0.15, 0.2) is 47.4 Å². The number of nitrogens with one attached hydrogen (secondary N) is 1. The molecule has 34 heavy (non-hydrogen) atoms. The van der Waals surface area contributed by atoms with E-state index in [0.29, 0.717) is 31.4 Å². The Morgan fingerprint density at radius 1 is 1.06 bits per heavy atom. The molecule has 1 aliphatic carbocycles. The Hall–Kier alpha value is -2.85. The van der Waals surface area contributed by atoms with Crippen LogP contribution in [0.4, 0.5) is 10.1 Å². The molecule has 8 nitrogen and oxygen atoms in total. The minimum atomic E-state index is -4.18. The molecule has 2 aromatic carbocycles. The summed E-state index contributed by atoms with van der Waals surface area (Å²) in [4.78, 5) is 12.5. The van der Waals surface area contributed by atoms with Gasteiger partial charge in [0.15, 0.2) is 11.5 Å². The van der Waals surface area contributed by atoms with Crippen LogP contribution in [0.3, 0.4) is 0 Å². The lowest BCUT2D eigenvalue weighted by molar-refractivity contribution is -0.119. The van der Waals surface area contributed by atoms with Crippen LogP contribution in [-0.4, -0.2) is 54.3 Å². The molecular formula is C24H31FN2O6S. The topological polar surface area (TPSA) is 94.2 Å². The summed E-state index contributed by atoms with van der Waals surface area (Å²) in [5, 5.41) is 2.74. The van der Waals surface area contributed by atoms with Crippen molar-refractivity contribution < 1.29 is 31.8 Å². The van der Waals surface area contributed by atoms with Gasteiger partial charge < -0.3 is 19.5 Å². The fourth-order valence-electron chi connectivity index (χ4n) is 3.82. The summed E-state index contributed by atoms with van der Waals surface area (Å²) in [6.45, 7) is 0.432. The summed E-state index contributed by atoms with van der Waals surface area (Å²) in [5.74, 6) is -0.394. The summed E-state index contributed by atoms with van der Waals surface area (Å²) < 4.78 is 57.6. The average molecular weight is 495 g/mol. The third-order valence-electron chi connectivity index (χ3n) is 5.64. The van der Waals surface area contributed by atoms with Crippen LogP contribution < -0.4 is 19.1 Å². The summed E-state index contributed by atoms with van der Waals surface area (Å²) in [5.41, 5.74) is 0.163. The predicted molar refractivity (Wildman–Crippen MR) is 126 cm³/mol. The molecule has 1 N–H and O–H groups in total. The molecule has 3 rings (SSSR count). The van der Waals surface area contributed by atoms with E-state index < -0.39 is 28.3 Å². The van der Waals surface area contributed by atoms with E-state index in [1.54, 1.807) is 0 Å². The Balaban J connectivity index is 1.72. The minimum absolute atomic E-state index is 0.0905. The van der Waals surface area contributed by atoms with E-state index in [0.717, 1.165) is 29.3 Å².